The Morgan fingerprint density at radius 1 is 1.08 bits per heavy atom. The van der Waals surface area contributed by atoms with Gasteiger partial charge in [-0.1, -0.05) is 19.8 Å². The van der Waals surface area contributed by atoms with Gasteiger partial charge in [0.25, 0.3) is 11.8 Å². The van der Waals surface area contributed by atoms with Crippen molar-refractivity contribution in [3.63, 3.8) is 0 Å². The van der Waals surface area contributed by atoms with Crippen LogP contribution in [0.15, 0.2) is 24.3 Å². The van der Waals surface area contributed by atoms with Crippen molar-refractivity contribution in [3.05, 3.63) is 45.8 Å². The highest BCUT2D eigenvalue weighted by Gasteiger charge is 2.20. The second kappa shape index (κ2) is 9.38. The van der Waals surface area contributed by atoms with Crippen LogP contribution in [0.3, 0.4) is 0 Å². The molecule has 2 rings (SSSR count). The molecule has 2 amide bonds. The van der Waals surface area contributed by atoms with Gasteiger partial charge in [-0.2, -0.15) is 0 Å². The number of rotatable bonds is 8. The number of benzene rings is 1. The Morgan fingerprint density at radius 3 is 2.38 bits per heavy atom. The number of amides is 2. The molecule has 0 unspecified atom stereocenters. The van der Waals surface area contributed by atoms with E-state index in [1.165, 1.54) is 11.3 Å². The lowest BCUT2D eigenvalue weighted by Crippen LogP contribution is -2.21. The van der Waals surface area contributed by atoms with E-state index in [2.05, 4.69) is 17.6 Å². The predicted octanol–water partition coefficient (Wildman–Crippen LogP) is 4.55. The molecule has 6 heteroatoms. The summed E-state index contributed by atoms with van der Waals surface area (Å²) in [6.07, 6.45) is 3.33. The second-order valence-electron chi connectivity index (χ2n) is 6.10. The van der Waals surface area contributed by atoms with E-state index in [9.17, 15) is 9.59 Å². The topological polar surface area (TPSA) is 67.4 Å². The molecule has 0 aliphatic rings. The standard InChI is InChI=1S/C20H26N2O3S/c1-5-6-7-12-25-16-10-8-15(9-11-16)18(23)22-20-17(19(24)21-4)13(2)14(3)26-20/h8-11H,5-7,12H2,1-4H3,(H,21,24)(H,22,23). The van der Waals surface area contributed by atoms with Crippen molar-refractivity contribution >= 4 is 28.2 Å². The van der Waals surface area contributed by atoms with E-state index >= 15 is 0 Å². The molecule has 0 bridgehead atoms. The summed E-state index contributed by atoms with van der Waals surface area (Å²) in [5, 5.41) is 6.06. The van der Waals surface area contributed by atoms with Gasteiger partial charge in [0, 0.05) is 17.5 Å². The zero-order valence-electron chi connectivity index (χ0n) is 15.8. The van der Waals surface area contributed by atoms with Crippen LogP contribution in [0.2, 0.25) is 0 Å². The molecule has 0 radical (unpaired) electrons. The molecule has 1 aromatic heterocycles. The van der Waals surface area contributed by atoms with Crippen LogP contribution in [-0.4, -0.2) is 25.5 Å². The summed E-state index contributed by atoms with van der Waals surface area (Å²) in [5.41, 5.74) is 1.94. The maximum absolute atomic E-state index is 12.5. The van der Waals surface area contributed by atoms with Gasteiger partial charge in [0.1, 0.15) is 10.8 Å². The van der Waals surface area contributed by atoms with Gasteiger partial charge in [-0.3, -0.25) is 9.59 Å². The number of carbonyl (C=O) groups excluding carboxylic acids is 2. The molecular formula is C20H26N2O3S. The number of hydrogen-bond donors (Lipinski definition) is 2. The minimum atomic E-state index is -0.242. The lowest BCUT2D eigenvalue weighted by Gasteiger charge is -2.08. The smallest absolute Gasteiger partial charge is 0.256 e. The van der Waals surface area contributed by atoms with E-state index < -0.39 is 0 Å². The molecule has 26 heavy (non-hydrogen) atoms. The van der Waals surface area contributed by atoms with Crippen molar-refractivity contribution in [1.82, 2.24) is 5.32 Å². The molecule has 140 valence electrons. The highest BCUT2D eigenvalue weighted by Crippen LogP contribution is 2.32. The fourth-order valence-corrected chi connectivity index (χ4v) is 3.59. The van der Waals surface area contributed by atoms with Crippen LogP contribution >= 0.6 is 11.3 Å². The molecule has 2 N–H and O–H groups in total. The first-order valence-electron chi connectivity index (χ1n) is 8.84. The molecular weight excluding hydrogens is 348 g/mol. The molecule has 0 aliphatic heterocycles. The van der Waals surface area contributed by atoms with E-state index in [-0.39, 0.29) is 11.8 Å². The quantitative estimate of drug-likeness (QED) is 0.666. The highest BCUT2D eigenvalue weighted by molar-refractivity contribution is 7.16. The van der Waals surface area contributed by atoms with Gasteiger partial charge < -0.3 is 15.4 Å². The Morgan fingerprint density at radius 2 is 1.77 bits per heavy atom. The van der Waals surface area contributed by atoms with Gasteiger partial charge in [0.05, 0.1) is 12.2 Å². The highest BCUT2D eigenvalue weighted by atomic mass is 32.1. The first kappa shape index (κ1) is 20.0. The van der Waals surface area contributed by atoms with Gasteiger partial charge in [-0.25, -0.2) is 0 Å². The number of unbranched alkanes of at least 4 members (excludes halogenated alkanes) is 2. The van der Waals surface area contributed by atoms with Gasteiger partial charge in [0.2, 0.25) is 0 Å². The molecule has 0 saturated carbocycles. The van der Waals surface area contributed by atoms with Crippen LogP contribution in [0.5, 0.6) is 5.75 Å². The van der Waals surface area contributed by atoms with Crippen LogP contribution < -0.4 is 15.4 Å². The zero-order chi connectivity index (χ0) is 19.1. The summed E-state index contributed by atoms with van der Waals surface area (Å²) in [5.74, 6) is 0.318. The van der Waals surface area contributed by atoms with Crippen molar-refractivity contribution in [2.24, 2.45) is 0 Å². The lowest BCUT2D eigenvalue weighted by atomic mass is 10.1. The van der Waals surface area contributed by atoms with Crippen molar-refractivity contribution in [2.75, 3.05) is 19.0 Å². The van der Waals surface area contributed by atoms with Crippen LogP contribution in [0, 0.1) is 13.8 Å². The average molecular weight is 375 g/mol. The van der Waals surface area contributed by atoms with E-state index in [0.717, 1.165) is 35.5 Å². The molecule has 0 saturated heterocycles. The van der Waals surface area contributed by atoms with E-state index in [0.29, 0.717) is 22.7 Å². The fourth-order valence-electron chi connectivity index (χ4n) is 2.53. The molecule has 0 atom stereocenters. The Balaban J connectivity index is 2.06. The van der Waals surface area contributed by atoms with Crippen LogP contribution in [-0.2, 0) is 0 Å². The summed E-state index contributed by atoms with van der Waals surface area (Å²) in [6, 6.07) is 7.06. The minimum Gasteiger partial charge on any atom is -0.494 e. The van der Waals surface area contributed by atoms with Gasteiger partial charge in [-0.15, -0.1) is 11.3 Å². The number of hydrogen-bond acceptors (Lipinski definition) is 4. The lowest BCUT2D eigenvalue weighted by molar-refractivity contribution is 0.0963. The maximum atomic E-state index is 12.5. The van der Waals surface area contributed by atoms with E-state index in [4.69, 9.17) is 4.74 Å². The van der Waals surface area contributed by atoms with Crippen molar-refractivity contribution in [3.8, 4) is 5.75 Å². The number of thiophene rings is 1. The van der Waals surface area contributed by atoms with E-state index in [1.54, 1.807) is 31.3 Å². The second-order valence-corrected chi connectivity index (χ2v) is 7.33. The Kier molecular flexibility index (Phi) is 7.21. The van der Waals surface area contributed by atoms with Crippen LogP contribution in [0.25, 0.3) is 0 Å². The Bertz CT molecular complexity index is 766. The minimum absolute atomic E-state index is 0.196. The number of anilines is 1. The monoisotopic (exact) mass is 374 g/mol. The number of carbonyl (C=O) groups is 2. The third kappa shape index (κ3) is 4.85. The molecule has 1 heterocycles. The molecule has 1 aromatic carbocycles. The third-order valence-electron chi connectivity index (χ3n) is 4.20. The number of ether oxygens (including phenoxy) is 1. The summed E-state index contributed by atoms with van der Waals surface area (Å²) < 4.78 is 5.66. The Labute approximate surface area is 158 Å². The summed E-state index contributed by atoms with van der Waals surface area (Å²) >= 11 is 1.41. The van der Waals surface area contributed by atoms with Crippen molar-refractivity contribution < 1.29 is 14.3 Å². The van der Waals surface area contributed by atoms with Crippen LogP contribution in [0.4, 0.5) is 5.00 Å². The first-order valence-corrected chi connectivity index (χ1v) is 9.65. The molecule has 0 fully saturated rings. The van der Waals surface area contributed by atoms with E-state index in [1.807, 2.05) is 13.8 Å². The number of nitrogens with one attached hydrogen (secondary N) is 2. The average Bonchev–Trinajstić information content (AvgIpc) is 2.92. The Hall–Kier alpha value is -2.34. The van der Waals surface area contributed by atoms with Crippen molar-refractivity contribution in [2.45, 2.75) is 40.0 Å². The summed E-state index contributed by atoms with van der Waals surface area (Å²) in [7, 11) is 1.58. The fraction of sp³-hybridized carbons (Fsp3) is 0.400. The maximum Gasteiger partial charge on any atom is 0.256 e. The zero-order valence-corrected chi connectivity index (χ0v) is 16.6. The molecule has 0 spiro atoms. The summed E-state index contributed by atoms with van der Waals surface area (Å²) in [4.78, 5) is 25.6. The SMILES string of the molecule is CCCCCOc1ccc(C(=O)Nc2sc(C)c(C)c2C(=O)NC)cc1. The molecule has 5 nitrogen and oxygen atoms in total. The van der Waals surface area contributed by atoms with Crippen molar-refractivity contribution in [1.29, 1.82) is 0 Å². The normalized spacial score (nSPS) is 10.5. The third-order valence-corrected chi connectivity index (χ3v) is 5.32. The number of aryl methyl sites for hydroxylation is 1. The molecule has 2 aromatic rings. The summed E-state index contributed by atoms with van der Waals surface area (Å²) in [6.45, 7) is 6.66. The molecule has 0 aliphatic carbocycles. The van der Waals surface area contributed by atoms with Crippen LogP contribution in [0.1, 0.15) is 57.3 Å². The van der Waals surface area contributed by atoms with Gasteiger partial charge >= 0.3 is 0 Å². The van der Waals surface area contributed by atoms with Gasteiger partial charge in [0.15, 0.2) is 0 Å². The predicted molar refractivity (Wildman–Crippen MR) is 107 cm³/mol. The van der Waals surface area contributed by atoms with Gasteiger partial charge in [-0.05, 0) is 50.1 Å². The largest absolute Gasteiger partial charge is 0.494 e. The first-order chi connectivity index (χ1) is 12.5.